The highest BCUT2D eigenvalue weighted by atomic mass is 16.5. The number of hydrogen-bond acceptors (Lipinski definition) is 6. The third kappa shape index (κ3) is 4.79. The molecule has 1 amide bonds. The number of hydrogen-bond donors (Lipinski definition) is 2. The van der Waals surface area contributed by atoms with Crippen LogP contribution >= 0.6 is 0 Å². The van der Waals surface area contributed by atoms with E-state index < -0.39 is 0 Å². The number of nitriles is 2. The van der Waals surface area contributed by atoms with E-state index in [9.17, 15) is 4.79 Å². The van der Waals surface area contributed by atoms with Crippen LogP contribution in [0, 0.1) is 36.5 Å². The number of nitrogens with two attached hydrogens (primary N) is 2. The van der Waals surface area contributed by atoms with Crippen LogP contribution in [0.2, 0.25) is 0 Å². The molecule has 172 valence electrons. The highest BCUT2D eigenvalue weighted by Crippen LogP contribution is 2.47. The number of anilines is 3. The molecule has 0 bridgehead atoms. The molecule has 3 aromatic carbocycles. The monoisotopic (exact) mass is 453 g/mol. The number of benzene rings is 3. The van der Waals surface area contributed by atoms with Gasteiger partial charge in [-0.25, -0.2) is 0 Å². The standard InChI is InChI=1S/C27H27N5O2/c1-4-32(16-33)26-23(34-27-17(2)12-20(6-5-11-28)13-18(27)3)14-22(30)25(31)24(26)21-9-7-19(15-29)8-10-21/h7-10,12-14,16H,4-6,30-31H2,1-3H3. The Kier molecular flexibility index (Phi) is 7.40. The van der Waals surface area contributed by atoms with Gasteiger partial charge in [0.2, 0.25) is 6.41 Å². The normalized spacial score (nSPS) is 10.3. The van der Waals surface area contributed by atoms with Gasteiger partial charge in [0.15, 0.2) is 5.75 Å². The van der Waals surface area contributed by atoms with Crippen molar-refractivity contribution in [2.24, 2.45) is 0 Å². The van der Waals surface area contributed by atoms with Crippen molar-refractivity contribution < 1.29 is 9.53 Å². The molecule has 7 nitrogen and oxygen atoms in total. The van der Waals surface area contributed by atoms with Crippen molar-refractivity contribution in [3.05, 3.63) is 64.7 Å². The van der Waals surface area contributed by atoms with E-state index in [0.29, 0.717) is 64.6 Å². The predicted molar refractivity (Wildman–Crippen MR) is 134 cm³/mol. The van der Waals surface area contributed by atoms with Gasteiger partial charge >= 0.3 is 0 Å². The second-order valence-electron chi connectivity index (χ2n) is 8.00. The molecule has 3 aromatic rings. The summed E-state index contributed by atoms with van der Waals surface area (Å²) in [4.78, 5) is 13.5. The zero-order valence-corrected chi connectivity index (χ0v) is 19.6. The molecular weight excluding hydrogens is 426 g/mol. The topological polar surface area (TPSA) is 129 Å². The molecule has 0 unspecified atom stereocenters. The van der Waals surface area contributed by atoms with Crippen molar-refractivity contribution >= 4 is 23.5 Å². The number of carbonyl (C=O) groups excluding carboxylic acids is 1. The largest absolute Gasteiger partial charge is 0.455 e. The van der Waals surface area contributed by atoms with Gasteiger partial charge in [-0.05, 0) is 61.6 Å². The van der Waals surface area contributed by atoms with E-state index in [1.54, 1.807) is 30.3 Å². The zero-order valence-electron chi connectivity index (χ0n) is 19.6. The van der Waals surface area contributed by atoms with Crippen LogP contribution in [-0.4, -0.2) is 13.0 Å². The number of aryl methyl sites for hydroxylation is 3. The lowest BCUT2D eigenvalue weighted by atomic mass is 9.97. The molecule has 0 spiro atoms. The van der Waals surface area contributed by atoms with Crippen molar-refractivity contribution in [1.29, 1.82) is 10.5 Å². The molecule has 0 fully saturated rings. The summed E-state index contributed by atoms with van der Waals surface area (Å²) in [5.74, 6) is 1.05. The summed E-state index contributed by atoms with van der Waals surface area (Å²) in [5, 5.41) is 18.1. The zero-order chi connectivity index (χ0) is 24.8. The van der Waals surface area contributed by atoms with Gasteiger partial charge in [-0.1, -0.05) is 24.3 Å². The van der Waals surface area contributed by atoms with Crippen molar-refractivity contribution in [3.8, 4) is 34.8 Å². The maximum absolute atomic E-state index is 12.0. The molecule has 0 radical (unpaired) electrons. The fourth-order valence-corrected chi connectivity index (χ4v) is 3.99. The van der Waals surface area contributed by atoms with Crippen LogP contribution in [0.4, 0.5) is 17.1 Å². The molecule has 0 aliphatic heterocycles. The third-order valence-electron chi connectivity index (χ3n) is 5.65. The molecule has 0 aliphatic carbocycles. The van der Waals surface area contributed by atoms with E-state index in [-0.39, 0.29) is 0 Å². The second-order valence-corrected chi connectivity index (χ2v) is 8.00. The number of ether oxygens (including phenoxy) is 1. The molecule has 34 heavy (non-hydrogen) atoms. The SMILES string of the molecule is CCN(C=O)c1c(Oc2c(C)cc(CCC#N)cc2C)cc(N)c(N)c1-c1ccc(C#N)cc1. The number of carbonyl (C=O) groups is 1. The number of rotatable bonds is 8. The third-order valence-corrected chi connectivity index (χ3v) is 5.65. The lowest BCUT2D eigenvalue weighted by Gasteiger charge is -2.26. The summed E-state index contributed by atoms with van der Waals surface area (Å²) in [6.07, 6.45) is 1.84. The Bertz CT molecular complexity index is 1280. The second kappa shape index (κ2) is 10.4. The van der Waals surface area contributed by atoms with E-state index in [2.05, 4.69) is 12.1 Å². The molecule has 3 rings (SSSR count). The van der Waals surface area contributed by atoms with Gasteiger partial charge in [-0.2, -0.15) is 10.5 Å². The Morgan fingerprint density at radius 1 is 1.06 bits per heavy atom. The first-order valence-electron chi connectivity index (χ1n) is 10.9. The number of amides is 1. The van der Waals surface area contributed by atoms with Crippen LogP contribution in [0.1, 0.15) is 35.6 Å². The molecule has 0 heterocycles. The van der Waals surface area contributed by atoms with Crippen LogP contribution in [0.25, 0.3) is 11.1 Å². The predicted octanol–water partition coefficient (Wildman–Crippen LogP) is 5.24. The lowest BCUT2D eigenvalue weighted by molar-refractivity contribution is -0.107. The Labute approximate surface area is 199 Å². The van der Waals surface area contributed by atoms with Crippen LogP contribution in [0.15, 0.2) is 42.5 Å². The lowest BCUT2D eigenvalue weighted by Crippen LogP contribution is -2.22. The minimum atomic E-state index is 0.320. The number of nitrogens with zero attached hydrogens (tertiary/aromatic N) is 3. The summed E-state index contributed by atoms with van der Waals surface area (Å²) in [6.45, 7) is 6.13. The summed E-state index contributed by atoms with van der Waals surface area (Å²) in [6, 6.07) is 16.8. The fourth-order valence-electron chi connectivity index (χ4n) is 3.99. The Morgan fingerprint density at radius 3 is 2.24 bits per heavy atom. The molecular formula is C27H27N5O2. The molecule has 0 aromatic heterocycles. The minimum Gasteiger partial charge on any atom is -0.455 e. The first-order chi connectivity index (χ1) is 16.3. The van der Waals surface area contributed by atoms with E-state index >= 15 is 0 Å². The summed E-state index contributed by atoms with van der Waals surface area (Å²) < 4.78 is 6.40. The van der Waals surface area contributed by atoms with Gasteiger partial charge in [0.05, 0.1) is 34.8 Å². The molecule has 0 saturated carbocycles. The maximum Gasteiger partial charge on any atom is 0.214 e. The van der Waals surface area contributed by atoms with Crippen molar-refractivity contribution in [2.45, 2.75) is 33.6 Å². The average Bonchev–Trinajstić information content (AvgIpc) is 2.83. The number of nitrogen functional groups attached to an aromatic ring is 2. The van der Waals surface area contributed by atoms with Crippen LogP contribution in [0.5, 0.6) is 11.5 Å². The van der Waals surface area contributed by atoms with Gasteiger partial charge < -0.3 is 21.1 Å². The van der Waals surface area contributed by atoms with E-state index in [1.807, 2.05) is 32.9 Å². The quantitative estimate of drug-likeness (QED) is 0.354. The van der Waals surface area contributed by atoms with E-state index in [4.69, 9.17) is 26.7 Å². The van der Waals surface area contributed by atoms with Crippen LogP contribution in [-0.2, 0) is 11.2 Å². The first kappa shape index (κ1) is 24.2. The van der Waals surface area contributed by atoms with Crippen molar-refractivity contribution in [2.75, 3.05) is 22.9 Å². The summed E-state index contributed by atoms with van der Waals surface area (Å²) in [5.41, 5.74) is 18.5. The summed E-state index contributed by atoms with van der Waals surface area (Å²) >= 11 is 0. The highest BCUT2D eigenvalue weighted by molar-refractivity contribution is 6.00. The first-order valence-corrected chi connectivity index (χ1v) is 10.9. The molecule has 0 saturated heterocycles. The molecule has 4 N–H and O–H groups in total. The maximum atomic E-state index is 12.0. The van der Waals surface area contributed by atoms with Crippen molar-refractivity contribution in [3.63, 3.8) is 0 Å². The van der Waals surface area contributed by atoms with Gasteiger partial charge in [-0.3, -0.25) is 4.79 Å². The van der Waals surface area contributed by atoms with Crippen molar-refractivity contribution in [1.82, 2.24) is 0 Å². The van der Waals surface area contributed by atoms with Gasteiger partial charge in [0.25, 0.3) is 0 Å². The minimum absolute atomic E-state index is 0.320. The molecule has 7 heteroatoms. The van der Waals surface area contributed by atoms with Crippen LogP contribution < -0.4 is 21.1 Å². The summed E-state index contributed by atoms with van der Waals surface area (Å²) in [7, 11) is 0. The van der Waals surface area contributed by atoms with E-state index in [0.717, 1.165) is 23.1 Å². The Hall–Kier alpha value is -4.49. The fraction of sp³-hybridized carbons (Fsp3) is 0.222. The van der Waals surface area contributed by atoms with E-state index in [1.165, 1.54) is 4.90 Å². The Morgan fingerprint density at radius 2 is 1.71 bits per heavy atom. The van der Waals surface area contributed by atoms with Gasteiger partial charge in [0, 0.05) is 24.6 Å². The van der Waals surface area contributed by atoms with Gasteiger partial charge in [0.1, 0.15) is 5.75 Å². The highest BCUT2D eigenvalue weighted by Gasteiger charge is 2.23. The Balaban J connectivity index is 2.22. The van der Waals surface area contributed by atoms with Crippen LogP contribution in [0.3, 0.4) is 0 Å². The van der Waals surface area contributed by atoms with Gasteiger partial charge in [-0.15, -0.1) is 0 Å². The molecule has 0 aliphatic rings. The smallest absolute Gasteiger partial charge is 0.214 e. The average molecular weight is 454 g/mol. The molecule has 0 atom stereocenters.